The van der Waals surface area contributed by atoms with E-state index in [-0.39, 0.29) is 24.1 Å². The van der Waals surface area contributed by atoms with Crippen molar-refractivity contribution in [2.45, 2.75) is 70.3 Å². The quantitative estimate of drug-likeness (QED) is 0.652. The van der Waals surface area contributed by atoms with Crippen LogP contribution < -0.4 is 0 Å². The Morgan fingerprint density at radius 1 is 1.07 bits per heavy atom. The lowest BCUT2D eigenvalue weighted by atomic mass is 9.87. The lowest BCUT2D eigenvalue weighted by Crippen LogP contribution is -2.15. The van der Waals surface area contributed by atoms with Gasteiger partial charge in [0.25, 0.3) is 5.91 Å². The molecule has 1 unspecified atom stereocenters. The number of nitrogens with zero attached hydrogens (tertiary/aromatic N) is 1. The monoisotopic (exact) mass is 433 g/mol. The van der Waals surface area contributed by atoms with Gasteiger partial charge in [-0.1, -0.05) is 39.8 Å². The molecule has 0 aliphatic rings. The minimum Gasteiger partial charge on any atom is -0.386 e. The van der Waals surface area contributed by atoms with Crippen LogP contribution in [0, 0.1) is 5.82 Å². The molecule has 2 aromatic rings. The van der Waals surface area contributed by atoms with Crippen molar-refractivity contribution in [2.24, 2.45) is 4.36 Å². The molecule has 0 spiro atoms. The Labute approximate surface area is 179 Å². The van der Waals surface area contributed by atoms with Gasteiger partial charge in [-0.05, 0) is 72.2 Å². The second kappa shape index (κ2) is 8.98. The Bertz CT molecular complexity index is 1010. The van der Waals surface area contributed by atoms with E-state index in [0.29, 0.717) is 10.5 Å². The van der Waals surface area contributed by atoms with Gasteiger partial charge in [0, 0.05) is 11.2 Å². The first-order valence-electron chi connectivity index (χ1n) is 10.1. The van der Waals surface area contributed by atoms with Crippen molar-refractivity contribution in [2.75, 3.05) is 6.26 Å². The molecule has 0 bridgehead atoms. The maximum atomic E-state index is 14.1. The Hall–Kier alpha value is -2.05. The smallest absolute Gasteiger partial charge is 0.258 e. The van der Waals surface area contributed by atoms with Gasteiger partial charge in [0.1, 0.15) is 5.82 Å². The normalized spacial score (nSPS) is 14.1. The number of benzene rings is 2. The minimum absolute atomic E-state index is 0.0199. The molecule has 164 valence electrons. The zero-order valence-corrected chi connectivity index (χ0v) is 19.6. The zero-order valence-electron chi connectivity index (χ0n) is 18.8. The van der Waals surface area contributed by atoms with E-state index in [9.17, 15) is 18.5 Å². The van der Waals surface area contributed by atoms with E-state index in [2.05, 4.69) is 4.36 Å². The van der Waals surface area contributed by atoms with Crippen molar-refractivity contribution in [1.82, 2.24) is 0 Å². The minimum atomic E-state index is -2.95. The van der Waals surface area contributed by atoms with Crippen LogP contribution in [0.4, 0.5) is 4.39 Å². The Kier molecular flexibility index (Phi) is 7.25. The summed E-state index contributed by atoms with van der Waals surface area (Å²) in [6.07, 6.45) is 1.41. The van der Waals surface area contributed by atoms with Crippen LogP contribution in [-0.2, 0) is 26.5 Å². The fourth-order valence-corrected chi connectivity index (χ4v) is 4.66. The lowest BCUT2D eigenvalue weighted by molar-refractivity contribution is -0.117. The number of amides is 1. The molecule has 0 aliphatic carbocycles. The number of rotatable bonds is 6. The van der Waals surface area contributed by atoms with Gasteiger partial charge in [0.15, 0.2) is 0 Å². The molecule has 2 rings (SSSR count). The first-order chi connectivity index (χ1) is 13.7. The van der Waals surface area contributed by atoms with E-state index in [4.69, 9.17) is 0 Å². The molecule has 1 amide bonds. The van der Waals surface area contributed by atoms with Gasteiger partial charge in [-0.3, -0.25) is 4.79 Å². The molecule has 0 saturated heterocycles. The summed E-state index contributed by atoms with van der Waals surface area (Å²) < 4.78 is 31.3. The molecular formula is C24H32FNO3S. The number of halogens is 1. The standard InChI is InChI=1S/C24H32FNO3S/c1-15(2)20-12-18(25)13-21(16(3)4)22(20)14-23(27)26-30(7,29)19-10-8-17(9-11-19)24(5,6)28/h8-13,15-16,28H,14H2,1-7H3. The number of aliphatic hydroxyl groups is 1. The van der Waals surface area contributed by atoms with E-state index in [0.717, 1.165) is 16.7 Å². The SMILES string of the molecule is CC(C)c1cc(F)cc(C(C)C)c1CC(=O)N=S(C)(=O)c1ccc(C(C)(C)O)cc1. The maximum Gasteiger partial charge on any atom is 0.258 e. The third-order valence-corrected chi connectivity index (χ3v) is 6.83. The maximum absolute atomic E-state index is 14.1. The molecule has 0 aromatic heterocycles. The van der Waals surface area contributed by atoms with Crippen LogP contribution in [0.15, 0.2) is 45.7 Å². The van der Waals surface area contributed by atoms with Gasteiger partial charge in [0.2, 0.25) is 0 Å². The molecule has 0 fully saturated rings. The molecule has 2 aromatic carbocycles. The summed E-state index contributed by atoms with van der Waals surface area (Å²) in [6.45, 7) is 11.2. The zero-order chi connectivity index (χ0) is 22.9. The summed E-state index contributed by atoms with van der Waals surface area (Å²) in [5, 5.41) is 10.1. The largest absolute Gasteiger partial charge is 0.386 e. The fourth-order valence-electron chi connectivity index (χ4n) is 3.46. The summed E-state index contributed by atoms with van der Waals surface area (Å²) in [4.78, 5) is 13.2. The second-order valence-corrected chi connectivity index (χ2v) is 11.2. The van der Waals surface area contributed by atoms with Crippen molar-refractivity contribution >= 4 is 15.6 Å². The van der Waals surface area contributed by atoms with Gasteiger partial charge in [-0.15, -0.1) is 0 Å². The number of hydrogen-bond donors (Lipinski definition) is 1. The summed E-state index contributed by atoms with van der Waals surface area (Å²) in [6, 6.07) is 9.57. The molecular weight excluding hydrogens is 401 g/mol. The number of carbonyl (C=O) groups excluding carboxylic acids is 1. The van der Waals surface area contributed by atoms with E-state index in [1.54, 1.807) is 38.1 Å². The van der Waals surface area contributed by atoms with Gasteiger partial charge >= 0.3 is 0 Å². The fraction of sp³-hybridized carbons (Fsp3) is 0.458. The Morgan fingerprint density at radius 3 is 1.93 bits per heavy atom. The number of hydrogen-bond acceptors (Lipinski definition) is 3. The highest BCUT2D eigenvalue weighted by molar-refractivity contribution is 7.93. The molecule has 0 radical (unpaired) electrons. The highest BCUT2D eigenvalue weighted by Crippen LogP contribution is 2.30. The van der Waals surface area contributed by atoms with Crippen molar-refractivity contribution in [3.05, 3.63) is 64.5 Å². The van der Waals surface area contributed by atoms with Crippen molar-refractivity contribution in [3.8, 4) is 0 Å². The molecule has 6 heteroatoms. The Balaban J connectivity index is 2.43. The van der Waals surface area contributed by atoms with E-state index in [1.807, 2.05) is 27.7 Å². The van der Waals surface area contributed by atoms with Crippen LogP contribution in [0.5, 0.6) is 0 Å². The summed E-state index contributed by atoms with van der Waals surface area (Å²) in [5.41, 5.74) is 1.99. The van der Waals surface area contributed by atoms with Crippen molar-refractivity contribution in [3.63, 3.8) is 0 Å². The highest BCUT2D eigenvalue weighted by atomic mass is 32.2. The molecule has 0 aliphatic heterocycles. The average molecular weight is 434 g/mol. The third kappa shape index (κ3) is 5.76. The first kappa shape index (κ1) is 24.2. The van der Waals surface area contributed by atoms with Gasteiger partial charge < -0.3 is 5.11 Å². The topological polar surface area (TPSA) is 66.7 Å². The molecule has 1 N–H and O–H groups in total. The van der Waals surface area contributed by atoms with Crippen LogP contribution >= 0.6 is 0 Å². The van der Waals surface area contributed by atoms with Crippen LogP contribution in [-0.4, -0.2) is 21.5 Å². The summed E-state index contributed by atoms with van der Waals surface area (Å²) in [7, 11) is -2.95. The molecule has 1 atom stereocenters. The molecule has 0 heterocycles. The van der Waals surface area contributed by atoms with Crippen molar-refractivity contribution in [1.29, 1.82) is 0 Å². The molecule has 4 nitrogen and oxygen atoms in total. The van der Waals surface area contributed by atoms with Crippen LogP contribution in [0.25, 0.3) is 0 Å². The predicted molar refractivity (Wildman–Crippen MR) is 120 cm³/mol. The number of carbonyl (C=O) groups is 1. The second-order valence-electron chi connectivity index (χ2n) is 8.92. The highest BCUT2D eigenvalue weighted by Gasteiger charge is 2.20. The Morgan fingerprint density at radius 2 is 1.53 bits per heavy atom. The van der Waals surface area contributed by atoms with Crippen LogP contribution in [0.3, 0.4) is 0 Å². The van der Waals surface area contributed by atoms with E-state index >= 15 is 0 Å². The third-order valence-electron chi connectivity index (χ3n) is 5.13. The summed E-state index contributed by atoms with van der Waals surface area (Å²) in [5.74, 6) is -0.728. The molecule has 0 saturated carbocycles. The summed E-state index contributed by atoms with van der Waals surface area (Å²) >= 11 is 0. The molecule has 30 heavy (non-hydrogen) atoms. The predicted octanol–water partition coefficient (Wildman–Crippen LogP) is 5.53. The van der Waals surface area contributed by atoms with Gasteiger partial charge in [0.05, 0.1) is 21.8 Å². The van der Waals surface area contributed by atoms with Crippen LogP contribution in [0.1, 0.15) is 75.6 Å². The van der Waals surface area contributed by atoms with Crippen LogP contribution in [0.2, 0.25) is 0 Å². The average Bonchev–Trinajstić information content (AvgIpc) is 2.61. The van der Waals surface area contributed by atoms with Gasteiger partial charge in [-0.2, -0.15) is 4.36 Å². The van der Waals surface area contributed by atoms with Crippen molar-refractivity contribution < 1.29 is 18.5 Å². The van der Waals surface area contributed by atoms with E-state index < -0.39 is 21.2 Å². The lowest BCUT2D eigenvalue weighted by Gasteiger charge is -2.19. The first-order valence-corrected chi connectivity index (χ1v) is 12.0. The van der Waals surface area contributed by atoms with E-state index in [1.165, 1.54) is 18.4 Å². The van der Waals surface area contributed by atoms with Gasteiger partial charge in [-0.25, -0.2) is 8.60 Å².